The highest BCUT2D eigenvalue weighted by Crippen LogP contribution is 2.46. The van der Waals surface area contributed by atoms with Crippen LogP contribution in [0.2, 0.25) is 5.02 Å². The topological polar surface area (TPSA) is 12.0 Å². The minimum Gasteiger partial charge on any atom is -0.313 e. The average Bonchev–Trinajstić information content (AvgIpc) is 2.84. The Balaban J connectivity index is 2.19. The van der Waals surface area contributed by atoms with Crippen molar-refractivity contribution in [2.24, 2.45) is 11.8 Å². The molecule has 0 aromatic heterocycles. The maximum Gasteiger partial charge on any atom is 0.0409 e. The molecular formula is C12H16ClN. The van der Waals surface area contributed by atoms with E-state index in [2.05, 4.69) is 24.4 Å². The second-order valence-electron chi connectivity index (χ2n) is 4.20. The molecular weight excluding hydrogens is 194 g/mol. The molecule has 0 amide bonds. The first-order valence-corrected chi connectivity index (χ1v) is 5.53. The zero-order chi connectivity index (χ0) is 10.1. The first kappa shape index (κ1) is 10.0. The monoisotopic (exact) mass is 209 g/mol. The van der Waals surface area contributed by atoms with E-state index in [9.17, 15) is 0 Å². The van der Waals surface area contributed by atoms with Gasteiger partial charge in [0.05, 0.1) is 0 Å². The van der Waals surface area contributed by atoms with Gasteiger partial charge in [0.2, 0.25) is 0 Å². The van der Waals surface area contributed by atoms with E-state index in [-0.39, 0.29) is 0 Å². The van der Waals surface area contributed by atoms with Gasteiger partial charge in [-0.05, 0) is 43.0 Å². The summed E-state index contributed by atoms with van der Waals surface area (Å²) in [4.78, 5) is 0. The molecule has 76 valence electrons. The molecule has 1 aromatic rings. The highest BCUT2D eigenvalue weighted by atomic mass is 35.5. The molecule has 0 aliphatic heterocycles. The van der Waals surface area contributed by atoms with Gasteiger partial charge in [0.15, 0.2) is 0 Å². The van der Waals surface area contributed by atoms with E-state index < -0.39 is 0 Å². The Morgan fingerprint density at radius 3 is 2.71 bits per heavy atom. The van der Waals surface area contributed by atoms with E-state index in [1.165, 1.54) is 12.0 Å². The van der Waals surface area contributed by atoms with Gasteiger partial charge in [-0.3, -0.25) is 0 Å². The molecule has 1 saturated carbocycles. The zero-order valence-electron chi connectivity index (χ0n) is 8.63. The molecule has 0 bridgehead atoms. The van der Waals surface area contributed by atoms with Gasteiger partial charge in [-0.25, -0.2) is 0 Å². The average molecular weight is 210 g/mol. The summed E-state index contributed by atoms with van der Waals surface area (Å²) >= 11 is 5.98. The maximum atomic E-state index is 5.98. The third-order valence-corrected chi connectivity index (χ3v) is 3.35. The number of nitrogens with one attached hydrogen (secondary N) is 1. The first-order chi connectivity index (χ1) is 6.72. The van der Waals surface area contributed by atoms with Gasteiger partial charge in [0.25, 0.3) is 0 Å². The molecule has 1 aromatic carbocycles. The fraction of sp³-hybridized carbons (Fsp3) is 0.500. The number of benzene rings is 1. The molecule has 0 heterocycles. The number of rotatable bonds is 3. The lowest BCUT2D eigenvalue weighted by molar-refractivity contribution is 0.504. The van der Waals surface area contributed by atoms with Crippen LogP contribution >= 0.6 is 11.6 Å². The Kier molecular flexibility index (Phi) is 2.80. The summed E-state index contributed by atoms with van der Waals surface area (Å²) < 4.78 is 0. The second-order valence-corrected chi connectivity index (χ2v) is 4.63. The minimum absolute atomic E-state index is 0.476. The summed E-state index contributed by atoms with van der Waals surface area (Å²) in [5.74, 6) is 1.64. The van der Waals surface area contributed by atoms with Crippen molar-refractivity contribution in [2.75, 3.05) is 7.05 Å². The van der Waals surface area contributed by atoms with Crippen molar-refractivity contribution in [3.8, 4) is 0 Å². The van der Waals surface area contributed by atoms with Gasteiger partial charge in [-0.1, -0.05) is 30.7 Å². The lowest BCUT2D eigenvalue weighted by atomic mass is 10.0. The fourth-order valence-electron chi connectivity index (χ4n) is 2.14. The Morgan fingerprint density at radius 1 is 1.50 bits per heavy atom. The summed E-state index contributed by atoms with van der Waals surface area (Å²) in [5, 5.41) is 4.21. The molecule has 1 aliphatic carbocycles. The number of hydrogen-bond acceptors (Lipinski definition) is 1. The molecule has 1 fully saturated rings. The molecule has 14 heavy (non-hydrogen) atoms. The Bertz CT molecular complexity index is 324. The molecule has 0 saturated heterocycles. The standard InChI is InChI=1S/C12H16ClN/c1-8-6-11(8)12(14-2)9-4-3-5-10(13)7-9/h3-5,7-8,11-12,14H,6H2,1-2H3. The predicted molar refractivity (Wildman–Crippen MR) is 60.5 cm³/mol. The lowest BCUT2D eigenvalue weighted by Gasteiger charge is -2.16. The first-order valence-electron chi connectivity index (χ1n) is 5.15. The molecule has 1 N–H and O–H groups in total. The van der Waals surface area contributed by atoms with Gasteiger partial charge in [0, 0.05) is 11.1 Å². The maximum absolute atomic E-state index is 5.98. The van der Waals surface area contributed by atoms with Crippen LogP contribution in [0.25, 0.3) is 0 Å². The van der Waals surface area contributed by atoms with Crippen LogP contribution in [0, 0.1) is 11.8 Å². The lowest BCUT2D eigenvalue weighted by Crippen LogP contribution is -2.18. The third-order valence-electron chi connectivity index (χ3n) is 3.12. The summed E-state index contributed by atoms with van der Waals surface area (Å²) in [6.07, 6.45) is 1.33. The smallest absolute Gasteiger partial charge is 0.0409 e. The van der Waals surface area contributed by atoms with Crippen LogP contribution in [0.4, 0.5) is 0 Å². The third kappa shape index (κ3) is 1.94. The second kappa shape index (κ2) is 3.92. The number of halogens is 1. The molecule has 2 rings (SSSR count). The van der Waals surface area contributed by atoms with Crippen molar-refractivity contribution < 1.29 is 0 Å². The Morgan fingerprint density at radius 2 is 2.21 bits per heavy atom. The summed E-state index contributed by atoms with van der Waals surface area (Å²) in [6.45, 7) is 2.31. The van der Waals surface area contributed by atoms with Crippen molar-refractivity contribution in [1.29, 1.82) is 0 Å². The normalized spacial score (nSPS) is 27.4. The fourth-order valence-corrected chi connectivity index (χ4v) is 2.34. The van der Waals surface area contributed by atoms with Crippen LogP contribution in [-0.4, -0.2) is 7.05 Å². The van der Waals surface area contributed by atoms with Crippen LogP contribution in [-0.2, 0) is 0 Å². The molecule has 0 spiro atoms. The molecule has 3 unspecified atom stereocenters. The highest BCUT2D eigenvalue weighted by molar-refractivity contribution is 6.30. The zero-order valence-corrected chi connectivity index (χ0v) is 9.38. The van der Waals surface area contributed by atoms with E-state index in [1.54, 1.807) is 0 Å². The van der Waals surface area contributed by atoms with Gasteiger partial charge >= 0.3 is 0 Å². The minimum atomic E-state index is 0.476. The van der Waals surface area contributed by atoms with Crippen molar-refractivity contribution in [3.05, 3.63) is 34.9 Å². The van der Waals surface area contributed by atoms with Gasteiger partial charge in [-0.2, -0.15) is 0 Å². The molecule has 1 aliphatic rings. The van der Waals surface area contributed by atoms with E-state index in [1.807, 2.05) is 19.2 Å². The molecule has 2 heteroatoms. The van der Waals surface area contributed by atoms with E-state index >= 15 is 0 Å². The van der Waals surface area contributed by atoms with Gasteiger partial charge < -0.3 is 5.32 Å². The highest BCUT2D eigenvalue weighted by Gasteiger charge is 2.39. The molecule has 0 radical (unpaired) electrons. The molecule has 1 nitrogen and oxygen atoms in total. The predicted octanol–water partition coefficient (Wildman–Crippen LogP) is 3.26. The number of hydrogen-bond donors (Lipinski definition) is 1. The van der Waals surface area contributed by atoms with Crippen molar-refractivity contribution in [3.63, 3.8) is 0 Å². The van der Waals surface area contributed by atoms with Crippen molar-refractivity contribution in [1.82, 2.24) is 5.32 Å². The van der Waals surface area contributed by atoms with Crippen LogP contribution < -0.4 is 5.32 Å². The summed E-state index contributed by atoms with van der Waals surface area (Å²) in [5.41, 5.74) is 1.31. The van der Waals surface area contributed by atoms with Crippen LogP contribution in [0.1, 0.15) is 24.9 Å². The van der Waals surface area contributed by atoms with Crippen molar-refractivity contribution in [2.45, 2.75) is 19.4 Å². The summed E-state index contributed by atoms with van der Waals surface area (Å²) in [7, 11) is 2.02. The van der Waals surface area contributed by atoms with Crippen LogP contribution in [0.3, 0.4) is 0 Å². The Labute approximate surface area is 90.5 Å². The van der Waals surface area contributed by atoms with E-state index in [0.29, 0.717) is 6.04 Å². The van der Waals surface area contributed by atoms with Gasteiger partial charge in [0.1, 0.15) is 0 Å². The van der Waals surface area contributed by atoms with Crippen molar-refractivity contribution >= 4 is 11.6 Å². The van der Waals surface area contributed by atoms with E-state index in [4.69, 9.17) is 11.6 Å². The van der Waals surface area contributed by atoms with Crippen LogP contribution in [0.5, 0.6) is 0 Å². The van der Waals surface area contributed by atoms with Crippen LogP contribution in [0.15, 0.2) is 24.3 Å². The van der Waals surface area contributed by atoms with Gasteiger partial charge in [-0.15, -0.1) is 0 Å². The summed E-state index contributed by atoms with van der Waals surface area (Å²) in [6, 6.07) is 8.64. The SMILES string of the molecule is CNC(c1cccc(Cl)c1)C1CC1C. The molecule has 3 atom stereocenters. The Hall–Kier alpha value is -0.530. The quantitative estimate of drug-likeness (QED) is 0.806. The van der Waals surface area contributed by atoms with E-state index in [0.717, 1.165) is 16.9 Å². The largest absolute Gasteiger partial charge is 0.313 e.